The van der Waals surface area contributed by atoms with Crippen molar-refractivity contribution >= 4 is 5.91 Å². The van der Waals surface area contributed by atoms with Crippen LogP contribution in [0.4, 0.5) is 0 Å². The van der Waals surface area contributed by atoms with Crippen LogP contribution >= 0.6 is 0 Å². The largest absolute Gasteiger partial charge is 0.359 e. The van der Waals surface area contributed by atoms with E-state index in [1.807, 2.05) is 12.5 Å². The van der Waals surface area contributed by atoms with E-state index in [1.165, 1.54) is 0 Å². The number of carbonyl (C=O) groups excluding carboxylic acids is 1. The van der Waals surface area contributed by atoms with E-state index < -0.39 is 5.91 Å². The molecule has 15 heavy (non-hydrogen) atoms. The van der Waals surface area contributed by atoms with Crippen molar-refractivity contribution in [3.8, 4) is 0 Å². The summed E-state index contributed by atoms with van der Waals surface area (Å²) in [6.45, 7) is 4.76. The van der Waals surface area contributed by atoms with Gasteiger partial charge >= 0.3 is 0 Å². The summed E-state index contributed by atoms with van der Waals surface area (Å²) in [5.41, 5.74) is 2.19. The Morgan fingerprint density at radius 1 is 1.73 bits per heavy atom. The third kappa shape index (κ3) is 3.03. The number of nitrogen functional groups attached to an aromatic ring is 1. The highest BCUT2D eigenvalue weighted by Crippen LogP contribution is 2.07. The number of hydrazine groups is 1. The van der Waals surface area contributed by atoms with Crippen LogP contribution in [0.15, 0.2) is 10.6 Å². The van der Waals surface area contributed by atoms with Crippen LogP contribution in [0, 0.1) is 0 Å². The van der Waals surface area contributed by atoms with Crippen LogP contribution in [0.1, 0.15) is 30.1 Å². The standard InChI is InChI=1S/C9H16N4O2/c1-6(2)13(3)5-7-4-8(12-15-7)9(14)11-10/h4,6H,5,10H2,1-3H3,(H,11,14). The summed E-state index contributed by atoms with van der Waals surface area (Å²) < 4.78 is 5.00. The van der Waals surface area contributed by atoms with Crippen molar-refractivity contribution in [2.24, 2.45) is 5.84 Å². The summed E-state index contributed by atoms with van der Waals surface area (Å²) in [6, 6.07) is 1.99. The first-order valence-corrected chi connectivity index (χ1v) is 4.71. The van der Waals surface area contributed by atoms with E-state index in [1.54, 1.807) is 6.07 Å². The molecule has 1 heterocycles. The zero-order valence-electron chi connectivity index (χ0n) is 9.15. The third-order valence-corrected chi connectivity index (χ3v) is 2.21. The molecule has 0 fully saturated rings. The Balaban J connectivity index is 2.64. The minimum atomic E-state index is -0.447. The van der Waals surface area contributed by atoms with Gasteiger partial charge in [-0.05, 0) is 20.9 Å². The van der Waals surface area contributed by atoms with E-state index in [2.05, 4.69) is 23.9 Å². The van der Waals surface area contributed by atoms with E-state index in [0.717, 1.165) is 0 Å². The summed E-state index contributed by atoms with van der Waals surface area (Å²) in [5, 5.41) is 3.61. The van der Waals surface area contributed by atoms with Crippen LogP contribution in [0.5, 0.6) is 0 Å². The molecule has 1 rings (SSSR count). The van der Waals surface area contributed by atoms with Gasteiger partial charge < -0.3 is 4.52 Å². The highest BCUT2D eigenvalue weighted by molar-refractivity contribution is 5.91. The molecule has 0 aliphatic heterocycles. The molecular formula is C9H16N4O2. The van der Waals surface area contributed by atoms with Crippen LogP contribution in [-0.4, -0.2) is 29.1 Å². The molecule has 0 radical (unpaired) electrons. The minimum absolute atomic E-state index is 0.199. The third-order valence-electron chi connectivity index (χ3n) is 2.21. The number of hydrogen-bond acceptors (Lipinski definition) is 5. The molecule has 6 nitrogen and oxygen atoms in total. The molecule has 0 aliphatic carbocycles. The highest BCUT2D eigenvalue weighted by Gasteiger charge is 2.13. The fourth-order valence-corrected chi connectivity index (χ4v) is 0.997. The Bertz CT molecular complexity index is 335. The van der Waals surface area contributed by atoms with Gasteiger partial charge in [0.1, 0.15) is 0 Å². The van der Waals surface area contributed by atoms with Gasteiger partial charge in [-0.3, -0.25) is 15.1 Å². The van der Waals surface area contributed by atoms with Crippen molar-refractivity contribution < 1.29 is 9.32 Å². The molecule has 84 valence electrons. The van der Waals surface area contributed by atoms with Crippen LogP contribution < -0.4 is 11.3 Å². The van der Waals surface area contributed by atoms with E-state index >= 15 is 0 Å². The van der Waals surface area contributed by atoms with Gasteiger partial charge in [-0.25, -0.2) is 5.84 Å². The monoisotopic (exact) mass is 212 g/mol. The lowest BCUT2D eigenvalue weighted by molar-refractivity contribution is 0.0944. The minimum Gasteiger partial charge on any atom is -0.359 e. The van der Waals surface area contributed by atoms with E-state index in [9.17, 15) is 4.79 Å². The maximum atomic E-state index is 11.1. The number of nitrogens with one attached hydrogen (secondary N) is 1. The molecule has 0 atom stereocenters. The van der Waals surface area contributed by atoms with Gasteiger partial charge in [0.05, 0.1) is 6.54 Å². The molecule has 0 saturated heterocycles. The first kappa shape index (κ1) is 11.7. The molecule has 0 unspecified atom stereocenters. The van der Waals surface area contributed by atoms with Crippen molar-refractivity contribution in [1.82, 2.24) is 15.5 Å². The lowest BCUT2D eigenvalue weighted by Gasteiger charge is -2.18. The van der Waals surface area contributed by atoms with Crippen molar-refractivity contribution in [2.45, 2.75) is 26.4 Å². The second-order valence-electron chi connectivity index (χ2n) is 3.66. The number of carbonyl (C=O) groups is 1. The predicted octanol–water partition coefficient (Wildman–Crippen LogP) is 0.118. The summed E-state index contributed by atoms with van der Waals surface area (Å²) in [4.78, 5) is 13.1. The normalized spacial score (nSPS) is 11.1. The van der Waals surface area contributed by atoms with Gasteiger partial charge in [0, 0.05) is 12.1 Å². The van der Waals surface area contributed by atoms with Crippen molar-refractivity contribution in [2.75, 3.05) is 7.05 Å². The van der Waals surface area contributed by atoms with Gasteiger partial charge in [-0.1, -0.05) is 5.16 Å². The first-order chi connectivity index (χ1) is 7.04. The maximum Gasteiger partial charge on any atom is 0.287 e. The van der Waals surface area contributed by atoms with Crippen LogP contribution in [0.3, 0.4) is 0 Å². The molecule has 0 aliphatic rings. The Kier molecular flexibility index (Phi) is 3.81. The van der Waals surface area contributed by atoms with Gasteiger partial charge in [0.2, 0.25) is 0 Å². The lowest BCUT2D eigenvalue weighted by Crippen LogP contribution is -2.30. The smallest absolute Gasteiger partial charge is 0.287 e. The van der Waals surface area contributed by atoms with Gasteiger partial charge in [-0.2, -0.15) is 0 Å². The Labute approximate surface area is 88.4 Å². The topological polar surface area (TPSA) is 84.4 Å². The number of aromatic nitrogens is 1. The molecule has 0 saturated carbocycles. The molecule has 1 amide bonds. The Morgan fingerprint density at radius 3 is 2.93 bits per heavy atom. The summed E-state index contributed by atoms with van der Waals surface area (Å²) >= 11 is 0. The Hall–Kier alpha value is -1.40. The van der Waals surface area contributed by atoms with Crippen molar-refractivity contribution in [1.29, 1.82) is 0 Å². The van der Waals surface area contributed by atoms with Gasteiger partial charge in [0.25, 0.3) is 5.91 Å². The summed E-state index contributed by atoms with van der Waals surface area (Å²) in [6.07, 6.45) is 0. The SMILES string of the molecule is CC(C)N(C)Cc1cc(C(=O)NN)no1. The zero-order valence-corrected chi connectivity index (χ0v) is 9.15. The predicted molar refractivity (Wildman–Crippen MR) is 54.8 cm³/mol. The number of rotatable bonds is 4. The zero-order chi connectivity index (χ0) is 11.4. The van der Waals surface area contributed by atoms with Crippen LogP contribution in [-0.2, 0) is 6.54 Å². The molecule has 0 bridgehead atoms. The van der Waals surface area contributed by atoms with Gasteiger partial charge in [-0.15, -0.1) is 0 Å². The van der Waals surface area contributed by atoms with Crippen molar-refractivity contribution in [3.63, 3.8) is 0 Å². The van der Waals surface area contributed by atoms with Crippen molar-refractivity contribution in [3.05, 3.63) is 17.5 Å². The molecule has 1 aromatic rings. The average molecular weight is 212 g/mol. The van der Waals surface area contributed by atoms with Gasteiger partial charge in [0.15, 0.2) is 11.5 Å². The fourth-order valence-electron chi connectivity index (χ4n) is 0.997. The summed E-state index contributed by atoms with van der Waals surface area (Å²) in [5.74, 6) is 5.17. The molecule has 1 aromatic heterocycles. The lowest BCUT2D eigenvalue weighted by atomic mass is 10.3. The number of nitrogens with zero attached hydrogens (tertiary/aromatic N) is 2. The molecule has 6 heteroatoms. The maximum absolute atomic E-state index is 11.1. The average Bonchev–Trinajstić information content (AvgIpc) is 2.65. The second kappa shape index (κ2) is 4.90. The van der Waals surface area contributed by atoms with Crippen LogP contribution in [0.2, 0.25) is 0 Å². The second-order valence-corrected chi connectivity index (χ2v) is 3.66. The first-order valence-electron chi connectivity index (χ1n) is 4.71. The van der Waals surface area contributed by atoms with Crippen LogP contribution in [0.25, 0.3) is 0 Å². The fraction of sp³-hybridized carbons (Fsp3) is 0.556. The number of nitrogens with two attached hydrogens (primary N) is 1. The van der Waals surface area contributed by atoms with E-state index in [4.69, 9.17) is 10.4 Å². The highest BCUT2D eigenvalue weighted by atomic mass is 16.5. The molecule has 3 N–H and O–H groups in total. The number of amides is 1. The number of hydrogen-bond donors (Lipinski definition) is 2. The van der Waals surface area contributed by atoms with E-state index in [0.29, 0.717) is 18.3 Å². The summed E-state index contributed by atoms with van der Waals surface area (Å²) in [7, 11) is 1.97. The Morgan fingerprint density at radius 2 is 2.40 bits per heavy atom. The van der Waals surface area contributed by atoms with E-state index in [-0.39, 0.29) is 5.69 Å². The molecule has 0 spiro atoms. The molecular weight excluding hydrogens is 196 g/mol. The molecule has 0 aromatic carbocycles. The quantitative estimate of drug-likeness (QED) is 0.420.